The summed E-state index contributed by atoms with van der Waals surface area (Å²) in [4.78, 5) is 12.0. The van der Waals surface area contributed by atoms with Gasteiger partial charge in [-0.3, -0.25) is 4.79 Å². The lowest BCUT2D eigenvalue weighted by Gasteiger charge is -2.33. The zero-order valence-corrected chi connectivity index (χ0v) is 10.4. The Morgan fingerprint density at radius 2 is 2.25 bits per heavy atom. The zero-order valence-electron chi connectivity index (χ0n) is 10.4. The van der Waals surface area contributed by atoms with Crippen LogP contribution in [0.4, 0.5) is 0 Å². The van der Waals surface area contributed by atoms with Gasteiger partial charge in [0.1, 0.15) is 5.69 Å². The first-order valence-corrected chi connectivity index (χ1v) is 5.54. The van der Waals surface area contributed by atoms with E-state index in [1.807, 2.05) is 26.2 Å². The van der Waals surface area contributed by atoms with Crippen LogP contribution in [0.1, 0.15) is 31.3 Å². The molecule has 0 saturated heterocycles. The van der Waals surface area contributed by atoms with Gasteiger partial charge in [-0.15, -0.1) is 0 Å². The van der Waals surface area contributed by atoms with E-state index in [-0.39, 0.29) is 11.4 Å². The van der Waals surface area contributed by atoms with Gasteiger partial charge in [0.15, 0.2) is 0 Å². The van der Waals surface area contributed by atoms with E-state index in [1.165, 1.54) is 0 Å². The predicted octanol–water partition coefficient (Wildman–Crippen LogP) is 1.13. The van der Waals surface area contributed by atoms with Crippen molar-refractivity contribution >= 4 is 5.91 Å². The molecule has 1 atom stereocenters. The first kappa shape index (κ1) is 12.8. The van der Waals surface area contributed by atoms with Gasteiger partial charge in [-0.25, -0.2) is 0 Å². The Labute approximate surface area is 96.8 Å². The van der Waals surface area contributed by atoms with E-state index < -0.39 is 0 Å². The fourth-order valence-corrected chi connectivity index (χ4v) is 1.45. The van der Waals surface area contributed by atoms with Crippen LogP contribution >= 0.6 is 0 Å². The number of nitrogens with two attached hydrogens (primary N) is 1. The Kier molecular flexibility index (Phi) is 3.75. The van der Waals surface area contributed by atoms with Crippen molar-refractivity contribution in [2.24, 2.45) is 18.7 Å². The largest absolute Gasteiger partial charge is 0.347 e. The summed E-state index contributed by atoms with van der Waals surface area (Å²) in [5, 5.41) is 3.00. The van der Waals surface area contributed by atoms with Crippen LogP contribution in [0.2, 0.25) is 0 Å². The lowest BCUT2D eigenvalue weighted by molar-refractivity contribution is 0.0875. The number of hydrogen-bond donors (Lipinski definition) is 2. The van der Waals surface area contributed by atoms with Crippen LogP contribution in [0.15, 0.2) is 18.3 Å². The first-order chi connectivity index (χ1) is 7.40. The summed E-state index contributed by atoms with van der Waals surface area (Å²) in [5.74, 6) is 0.218. The van der Waals surface area contributed by atoms with Crippen molar-refractivity contribution < 1.29 is 4.79 Å². The van der Waals surface area contributed by atoms with Crippen LogP contribution in [0.5, 0.6) is 0 Å². The summed E-state index contributed by atoms with van der Waals surface area (Å²) in [7, 11) is 1.85. The summed E-state index contributed by atoms with van der Waals surface area (Å²) in [6, 6.07) is 3.65. The summed E-state index contributed by atoms with van der Waals surface area (Å²) in [5.41, 5.74) is 6.02. The van der Waals surface area contributed by atoms with Crippen molar-refractivity contribution in [1.29, 1.82) is 0 Å². The fourth-order valence-electron chi connectivity index (χ4n) is 1.45. The third kappa shape index (κ3) is 2.44. The van der Waals surface area contributed by atoms with Gasteiger partial charge in [-0.1, -0.05) is 13.8 Å². The number of rotatable bonds is 4. The van der Waals surface area contributed by atoms with Crippen LogP contribution in [-0.4, -0.2) is 22.6 Å². The van der Waals surface area contributed by atoms with E-state index in [9.17, 15) is 4.79 Å². The highest BCUT2D eigenvalue weighted by Gasteiger charge is 2.29. The monoisotopic (exact) mass is 223 g/mol. The SMILES string of the molecule is CC(C)C(C)(CN)NC(=O)c1cccn1C. The van der Waals surface area contributed by atoms with Crippen molar-refractivity contribution in [2.45, 2.75) is 26.3 Å². The normalized spacial score (nSPS) is 14.9. The van der Waals surface area contributed by atoms with Crippen LogP contribution in [0.25, 0.3) is 0 Å². The van der Waals surface area contributed by atoms with Gasteiger partial charge in [0.05, 0.1) is 5.54 Å². The smallest absolute Gasteiger partial charge is 0.268 e. The molecule has 3 N–H and O–H groups in total. The highest BCUT2D eigenvalue weighted by atomic mass is 16.2. The minimum atomic E-state index is -0.360. The number of nitrogens with zero attached hydrogens (tertiary/aromatic N) is 1. The number of aromatic nitrogens is 1. The second-order valence-electron chi connectivity index (χ2n) is 4.73. The molecule has 0 aliphatic heterocycles. The molecule has 1 heterocycles. The third-order valence-electron chi connectivity index (χ3n) is 3.27. The number of carbonyl (C=O) groups excluding carboxylic acids is 1. The molecule has 0 bridgehead atoms. The molecule has 0 fully saturated rings. The van der Waals surface area contributed by atoms with Crippen molar-refractivity contribution in [3.8, 4) is 0 Å². The predicted molar refractivity (Wildman–Crippen MR) is 65.2 cm³/mol. The number of amides is 1. The minimum Gasteiger partial charge on any atom is -0.347 e. The summed E-state index contributed by atoms with van der Waals surface area (Å²) in [6.07, 6.45) is 1.85. The Morgan fingerprint density at radius 1 is 1.62 bits per heavy atom. The van der Waals surface area contributed by atoms with Gasteiger partial charge in [0.2, 0.25) is 0 Å². The van der Waals surface area contributed by atoms with Crippen LogP contribution < -0.4 is 11.1 Å². The molecule has 1 amide bonds. The van der Waals surface area contributed by atoms with Crippen LogP contribution in [0.3, 0.4) is 0 Å². The van der Waals surface area contributed by atoms with Gasteiger partial charge in [-0.05, 0) is 25.0 Å². The fraction of sp³-hybridized carbons (Fsp3) is 0.583. The first-order valence-electron chi connectivity index (χ1n) is 5.54. The molecule has 90 valence electrons. The van der Waals surface area contributed by atoms with E-state index in [0.29, 0.717) is 18.2 Å². The van der Waals surface area contributed by atoms with E-state index in [1.54, 1.807) is 10.6 Å². The highest BCUT2D eigenvalue weighted by Crippen LogP contribution is 2.15. The molecule has 0 aliphatic carbocycles. The van der Waals surface area contributed by atoms with Crippen LogP contribution in [0, 0.1) is 5.92 Å². The summed E-state index contributed by atoms with van der Waals surface area (Å²) in [6.45, 7) is 6.51. The van der Waals surface area contributed by atoms with E-state index in [4.69, 9.17) is 5.73 Å². The Bertz CT molecular complexity index is 370. The minimum absolute atomic E-state index is 0.0749. The lowest BCUT2D eigenvalue weighted by atomic mass is 9.88. The average molecular weight is 223 g/mol. The molecule has 0 aromatic carbocycles. The van der Waals surface area contributed by atoms with Crippen molar-refractivity contribution in [1.82, 2.24) is 9.88 Å². The van der Waals surface area contributed by atoms with Crippen molar-refractivity contribution in [3.63, 3.8) is 0 Å². The maximum atomic E-state index is 12.0. The molecular weight excluding hydrogens is 202 g/mol. The molecule has 0 radical (unpaired) electrons. The van der Waals surface area contributed by atoms with Gasteiger partial charge in [0, 0.05) is 19.8 Å². The maximum Gasteiger partial charge on any atom is 0.268 e. The number of nitrogens with one attached hydrogen (secondary N) is 1. The number of carbonyl (C=O) groups is 1. The van der Waals surface area contributed by atoms with Gasteiger partial charge >= 0.3 is 0 Å². The molecular formula is C12H21N3O. The second kappa shape index (κ2) is 4.70. The third-order valence-corrected chi connectivity index (χ3v) is 3.27. The second-order valence-corrected chi connectivity index (χ2v) is 4.73. The Hall–Kier alpha value is -1.29. The van der Waals surface area contributed by atoms with Crippen molar-refractivity contribution in [2.75, 3.05) is 6.54 Å². The molecule has 16 heavy (non-hydrogen) atoms. The van der Waals surface area contributed by atoms with Gasteiger partial charge in [-0.2, -0.15) is 0 Å². The standard InChI is InChI=1S/C12H21N3O/c1-9(2)12(3,8-13)14-11(16)10-6-5-7-15(10)4/h5-7,9H,8,13H2,1-4H3,(H,14,16). The number of aryl methyl sites for hydroxylation is 1. The molecule has 0 spiro atoms. The van der Waals surface area contributed by atoms with Gasteiger partial charge in [0.25, 0.3) is 5.91 Å². The van der Waals surface area contributed by atoms with E-state index in [2.05, 4.69) is 19.2 Å². The van der Waals surface area contributed by atoms with Crippen LogP contribution in [-0.2, 0) is 7.05 Å². The van der Waals surface area contributed by atoms with Crippen molar-refractivity contribution in [3.05, 3.63) is 24.0 Å². The Morgan fingerprint density at radius 3 is 2.62 bits per heavy atom. The molecule has 1 unspecified atom stereocenters. The van der Waals surface area contributed by atoms with E-state index >= 15 is 0 Å². The molecule has 0 saturated carbocycles. The molecule has 1 aromatic heterocycles. The number of hydrogen-bond acceptors (Lipinski definition) is 2. The molecule has 1 rings (SSSR count). The summed E-state index contributed by atoms with van der Waals surface area (Å²) < 4.78 is 1.80. The zero-order chi connectivity index (χ0) is 12.3. The molecule has 0 aliphatic rings. The van der Waals surface area contributed by atoms with E-state index in [0.717, 1.165) is 0 Å². The highest BCUT2D eigenvalue weighted by molar-refractivity contribution is 5.93. The lowest BCUT2D eigenvalue weighted by Crippen LogP contribution is -2.55. The summed E-state index contributed by atoms with van der Waals surface area (Å²) >= 11 is 0. The maximum absolute atomic E-state index is 12.0. The average Bonchev–Trinajstić information content (AvgIpc) is 2.64. The molecule has 1 aromatic rings. The Balaban J connectivity index is 2.82. The quantitative estimate of drug-likeness (QED) is 0.803. The van der Waals surface area contributed by atoms with Gasteiger partial charge < -0.3 is 15.6 Å². The topological polar surface area (TPSA) is 60.0 Å². The molecule has 4 heteroatoms. The molecule has 4 nitrogen and oxygen atoms in total.